The molecule has 0 rings (SSSR count). The Kier molecular flexibility index (Phi) is 7.49. The molecule has 0 aromatic heterocycles. The molecule has 0 radical (unpaired) electrons. The smallest absolute Gasteiger partial charge is 0.328 e. The van der Waals surface area contributed by atoms with Crippen molar-refractivity contribution in [3.63, 3.8) is 0 Å². The lowest BCUT2D eigenvalue weighted by atomic mass is 10.1. The third kappa shape index (κ3) is 8.06. The van der Waals surface area contributed by atoms with Crippen molar-refractivity contribution in [1.82, 2.24) is 5.32 Å². The van der Waals surface area contributed by atoms with E-state index in [9.17, 15) is 9.59 Å². The Labute approximate surface area is 101 Å². The predicted octanol–water partition coefficient (Wildman–Crippen LogP) is -0.892. The van der Waals surface area contributed by atoms with Gasteiger partial charge in [-0.3, -0.25) is 9.79 Å². The van der Waals surface area contributed by atoms with Crippen molar-refractivity contribution < 1.29 is 14.3 Å². The van der Waals surface area contributed by atoms with Gasteiger partial charge in [0.2, 0.25) is 5.91 Å². The van der Waals surface area contributed by atoms with Gasteiger partial charge in [0.05, 0.1) is 6.61 Å². The number of hydrogen-bond acceptors (Lipinski definition) is 4. The molecule has 0 fully saturated rings. The van der Waals surface area contributed by atoms with Crippen molar-refractivity contribution in [2.24, 2.45) is 16.5 Å². The summed E-state index contributed by atoms with van der Waals surface area (Å²) in [6.07, 6.45) is 1.02. The van der Waals surface area contributed by atoms with Crippen LogP contribution in [0.1, 0.15) is 26.7 Å². The Bertz CT molecular complexity index is 287. The van der Waals surface area contributed by atoms with Crippen LogP contribution in [0.4, 0.5) is 0 Å². The summed E-state index contributed by atoms with van der Waals surface area (Å²) >= 11 is 0. The summed E-state index contributed by atoms with van der Waals surface area (Å²) in [5, 5.41) is 2.53. The van der Waals surface area contributed by atoms with Crippen molar-refractivity contribution >= 4 is 17.8 Å². The summed E-state index contributed by atoms with van der Waals surface area (Å²) in [4.78, 5) is 26.2. The van der Waals surface area contributed by atoms with E-state index in [1.807, 2.05) is 0 Å². The highest BCUT2D eigenvalue weighted by atomic mass is 16.5. The van der Waals surface area contributed by atoms with Gasteiger partial charge in [0.25, 0.3) is 0 Å². The van der Waals surface area contributed by atoms with Crippen molar-refractivity contribution in [2.75, 3.05) is 13.2 Å². The first-order valence-corrected chi connectivity index (χ1v) is 5.46. The molecule has 0 bridgehead atoms. The van der Waals surface area contributed by atoms with Gasteiger partial charge in [-0.2, -0.15) is 0 Å². The van der Waals surface area contributed by atoms with Crippen LogP contribution in [0, 0.1) is 0 Å². The zero-order valence-electron chi connectivity index (χ0n) is 10.2. The summed E-state index contributed by atoms with van der Waals surface area (Å²) < 4.78 is 4.84. The van der Waals surface area contributed by atoms with E-state index < -0.39 is 12.0 Å². The lowest BCUT2D eigenvalue weighted by molar-refractivity contribution is -0.147. The lowest BCUT2D eigenvalue weighted by Gasteiger charge is -2.15. The molecular weight excluding hydrogens is 224 g/mol. The summed E-state index contributed by atoms with van der Waals surface area (Å²) in [7, 11) is 0. The van der Waals surface area contributed by atoms with Gasteiger partial charge < -0.3 is 21.5 Å². The second kappa shape index (κ2) is 8.37. The minimum Gasteiger partial charge on any atom is -0.464 e. The molecule has 0 aliphatic carbocycles. The van der Waals surface area contributed by atoms with Gasteiger partial charge in [-0.05, 0) is 19.8 Å². The number of rotatable bonds is 7. The molecule has 0 aromatic carbocycles. The zero-order chi connectivity index (χ0) is 13.3. The number of amides is 1. The maximum absolute atomic E-state index is 11.5. The van der Waals surface area contributed by atoms with Gasteiger partial charge in [-0.25, -0.2) is 4.79 Å². The number of aliphatic imine (C=N–C) groups is 1. The molecule has 0 aromatic rings. The summed E-state index contributed by atoms with van der Waals surface area (Å²) in [6.45, 7) is 3.75. The number of carbonyl (C=O) groups excluding carboxylic acids is 2. The molecule has 7 nitrogen and oxygen atoms in total. The Hall–Kier alpha value is -1.79. The number of ether oxygens (including phenoxy) is 1. The minimum absolute atomic E-state index is 0.0113. The van der Waals surface area contributed by atoms with E-state index >= 15 is 0 Å². The van der Waals surface area contributed by atoms with Crippen LogP contribution in [0.25, 0.3) is 0 Å². The van der Waals surface area contributed by atoms with E-state index in [1.165, 1.54) is 6.92 Å². The highest BCUT2D eigenvalue weighted by Crippen LogP contribution is 2.01. The fourth-order valence-electron chi connectivity index (χ4n) is 1.24. The van der Waals surface area contributed by atoms with Gasteiger partial charge in [0.1, 0.15) is 6.04 Å². The average Bonchev–Trinajstić information content (AvgIpc) is 2.22. The molecule has 17 heavy (non-hydrogen) atoms. The first-order valence-electron chi connectivity index (χ1n) is 5.46. The van der Waals surface area contributed by atoms with Crippen LogP contribution in [0.5, 0.6) is 0 Å². The number of hydrogen-bond donors (Lipinski definition) is 3. The molecule has 0 saturated carbocycles. The van der Waals surface area contributed by atoms with Crippen LogP contribution in [0.15, 0.2) is 4.99 Å². The largest absolute Gasteiger partial charge is 0.464 e. The number of guanidine groups is 1. The first-order chi connectivity index (χ1) is 7.97. The van der Waals surface area contributed by atoms with Gasteiger partial charge in [0, 0.05) is 13.5 Å². The van der Waals surface area contributed by atoms with E-state index in [4.69, 9.17) is 16.2 Å². The van der Waals surface area contributed by atoms with E-state index in [0.717, 1.165) is 0 Å². The van der Waals surface area contributed by atoms with Crippen LogP contribution >= 0.6 is 0 Å². The molecule has 1 amide bonds. The highest BCUT2D eigenvalue weighted by Gasteiger charge is 2.19. The maximum atomic E-state index is 11.5. The van der Waals surface area contributed by atoms with E-state index in [-0.39, 0.29) is 18.5 Å². The van der Waals surface area contributed by atoms with Gasteiger partial charge >= 0.3 is 5.97 Å². The third-order valence-electron chi connectivity index (χ3n) is 1.89. The van der Waals surface area contributed by atoms with Gasteiger partial charge in [-0.1, -0.05) is 0 Å². The van der Waals surface area contributed by atoms with E-state index in [0.29, 0.717) is 19.4 Å². The van der Waals surface area contributed by atoms with Crippen LogP contribution < -0.4 is 16.8 Å². The normalized spacial score (nSPS) is 11.4. The monoisotopic (exact) mass is 244 g/mol. The predicted molar refractivity (Wildman–Crippen MR) is 64.1 cm³/mol. The van der Waals surface area contributed by atoms with Crippen molar-refractivity contribution in [1.29, 1.82) is 0 Å². The molecule has 98 valence electrons. The molecule has 5 N–H and O–H groups in total. The number of nitrogens with one attached hydrogen (secondary N) is 1. The van der Waals surface area contributed by atoms with E-state index in [2.05, 4.69) is 10.3 Å². The second-order valence-electron chi connectivity index (χ2n) is 3.45. The summed E-state index contributed by atoms with van der Waals surface area (Å²) in [5.41, 5.74) is 10.3. The Balaban J connectivity index is 4.14. The number of nitrogens with zero attached hydrogens (tertiary/aromatic N) is 1. The fourth-order valence-corrected chi connectivity index (χ4v) is 1.24. The molecule has 0 aliphatic heterocycles. The lowest BCUT2D eigenvalue weighted by Crippen LogP contribution is -2.40. The number of carbonyl (C=O) groups is 2. The highest BCUT2D eigenvalue weighted by molar-refractivity contribution is 5.83. The minimum atomic E-state index is -0.637. The third-order valence-corrected chi connectivity index (χ3v) is 1.89. The van der Waals surface area contributed by atoms with Crippen molar-refractivity contribution in [3.8, 4) is 0 Å². The molecule has 0 heterocycles. The Morgan fingerprint density at radius 3 is 2.53 bits per heavy atom. The quantitative estimate of drug-likeness (QED) is 0.232. The molecule has 0 saturated heterocycles. The molecule has 0 unspecified atom stereocenters. The van der Waals surface area contributed by atoms with Crippen molar-refractivity contribution in [2.45, 2.75) is 32.7 Å². The van der Waals surface area contributed by atoms with Crippen molar-refractivity contribution in [3.05, 3.63) is 0 Å². The van der Waals surface area contributed by atoms with E-state index in [1.54, 1.807) is 6.92 Å². The van der Waals surface area contributed by atoms with Gasteiger partial charge in [-0.15, -0.1) is 0 Å². The average molecular weight is 244 g/mol. The molecular formula is C10H20N4O3. The van der Waals surface area contributed by atoms with Crippen LogP contribution in [0.2, 0.25) is 0 Å². The summed E-state index contributed by atoms with van der Waals surface area (Å²) in [5.74, 6) is -0.700. The Morgan fingerprint density at radius 1 is 1.41 bits per heavy atom. The first kappa shape index (κ1) is 15.2. The molecule has 7 heteroatoms. The molecule has 0 spiro atoms. The standard InChI is InChI=1S/C10H20N4O3/c1-3-17-9(16)8(14-7(2)15)5-4-6-13-10(11)12/h8H,3-6H2,1-2H3,(H,14,15)(H4,11,12,13)/t8-/m0/s1. The zero-order valence-corrected chi connectivity index (χ0v) is 10.2. The summed E-state index contributed by atoms with van der Waals surface area (Å²) in [6, 6.07) is -0.637. The van der Waals surface area contributed by atoms with Crippen LogP contribution in [0.3, 0.4) is 0 Å². The second-order valence-corrected chi connectivity index (χ2v) is 3.45. The van der Waals surface area contributed by atoms with Crippen LogP contribution in [-0.2, 0) is 14.3 Å². The SMILES string of the molecule is CCOC(=O)[C@H](CCCN=C(N)N)NC(C)=O. The molecule has 1 atom stereocenters. The maximum Gasteiger partial charge on any atom is 0.328 e. The Morgan fingerprint density at radius 2 is 2.06 bits per heavy atom. The number of nitrogens with two attached hydrogens (primary N) is 2. The topological polar surface area (TPSA) is 120 Å². The van der Waals surface area contributed by atoms with Crippen LogP contribution in [-0.4, -0.2) is 37.0 Å². The molecule has 0 aliphatic rings. The fraction of sp³-hybridized carbons (Fsp3) is 0.700. The van der Waals surface area contributed by atoms with Gasteiger partial charge in [0.15, 0.2) is 5.96 Å². The number of esters is 1.